The predicted molar refractivity (Wildman–Crippen MR) is 56.0 cm³/mol. The van der Waals surface area contributed by atoms with E-state index in [4.69, 9.17) is 4.74 Å². The van der Waals surface area contributed by atoms with Crippen LogP contribution in [-0.4, -0.2) is 51.3 Å². The number of methoxy groups -OCH3 is 1. The molecule has 0 fully saturated rings. The van der Waals surface area contributed by atoms with Gasteiger partial charge in [0.1, 0.15) is 6.61 Å². The van der Waals surface area contributed by atoms with Crippen molar-refractivity contribution in [1.82, 2.24) is 10.2 Å². The fourth-order valence-electron chi connectivity index (χ4n) is 1.95. The lowest BCUT2D eigenvalue weighted by atomic mass is 10.2. The summed E-state index contributed by atoms with van der Waals surface area (Å²) in [5.41, 5.74) is 3.16. The highest BCUT2D eigenvalue weighted by molar-refractivity contribution is 5.30. The van der Waals surface area contributed by atoms with Gasteiger partial charge in [-0.15, -0.1) is 0 Å². The van der Waals surface area contributed by atoms with E-state index in [9.17, 15) is 0 Å². The van der Waals surface area contributed by atoms with Crippen LogP contribution in [0, 0.1) is 11.8 Å². The molecule has 0 aliphatic carbocycles. The standard InChI is InChI=1S/C11H16N2O/c1-14-5-3-2-4-13-8-10-6-12-7-11(10)9-13/h12H,4-9H2,1H3. The lowest BCUT2D eigenvalue weighted by Crippen LogP contribution is -2.27. The van der Waals surface area contributed by atoms with Crippen molar-refractivity contribution in [2.45, 2.75) is 0 Å². The Morgan fingerprint density at radius 1 is 1.29 bits per heavy atom. The second-order valence-electron chi connectivity index (χ2n) is 3.74. The number of ether oxygens (including phenoxy) is 1. The van der Waals surface area contributed by atoms with E-state index in [1.54, 1.807) is 18.3 Å². The SMILES string of the molecule is COCC#CCN1CC2=C(CNC2)C1. The van der Waals surface area contributed by atoms with E-state index in [0.29, 0.717) is 6.61 Å². The van der Waals surface area contributed by atoms with E-state index < -0.39 is 0 Å². The van der Waals surface area contributed by atoms with Crippen molar-refractivity contribution in [3.05, 3.63) is 11.1 Å². The monoisotopic (exact) mass is 192 g/mol. The molecule has 0 spiro atoms. The van der Waals surface area contributed by atoms with Crippen LogP contribution in [0.25, 0.3) is 0 Å². The average Bonchev–Trinajstić information content (AvgIpc) is 2.72. The average molecular weight is 192 g/mol. The van der Waals surface area contributed by atoms with Crippen LogP contribution in [0.4, 0.5) is 0 Å². The molecule has 0 radical (unpaired) electrons. The highest BCUT2D eigenvalue weighted by Gasteiger charge is 2.23. The maximum atomic E-state index is 4.87. The molecule has 76 valence electrons. The summed E-state index contributed by atoms with van der Waals surface area (Å²) in [6, 6.07) is 0. The van der Waals surface area contributed by atoms with Gasteiger partial charge in [0.05, 0.1) is 6.54 Å². The maximum Gasteiger partial charge on any atom is 0.107 e. The van der Waals surface area contributed by atoms with Crippen molar-refractivity contribution < 1.29 is 4.74 Å². The van der Waals surface area contributed by atoms with Crippen LogP contribution >= 0.6 is 0 Å². The van der Waals surface area contributed by atoms with Gasteiger partial charge < -0.3 is 10.1 Å². The van der Waals surface area contributed by atoms with E-state index in [-0.39, 0.29) is 0 Å². The lowest BCUT2D eigenvalue weighted by Gasteiger charge is -2.13. The first kappa shape index (κ1) is 9.72. The number of nitrogens with one attached hydrogen (secondary N) is 1. The van der Waals surface area contributed by atoms with Crippen LogP contribution in [-0.2, 0) is 4.74 Å². The zero-order valence-corrected chi connectivity index (χ0v) is 8.60. The number of rotatable bonds is 2. The molecule has 0 saturated carbocycles. The minimum absolute atomic E-state index is 0.544. The number of hydrogen-bond acceptors (Lipinski definition) is 3. The molecular formula is C11H16N2O. The highest BCUT2D eigenvalue weighted by atomic mass is 16.5. The molecule has 2 heterocycles. The van der Waals surface area contributed by atoms with Gasteiger partial charge in [0, 0.05) is 33.3 Å². The van der Waals surface area contributed by atoms with Gasteiger partial charge in [-0.05, 0) is 11.1 Å². The van der Waals surface area contributed by atoms with Crippen LogP contribution in [0.1, 0.15) is 0 Å². The normalized spacial score (nSPS) is 20.9. The Kier molecular flexibility index (Phi) is 3.20. The fraction of sp³-hybridized carbons (Fsp3) is 0.636. The Morgan fingerprint density at radius 2 is 2.00 bits per heavy atom. The van der Waals surface area contributed by atoms with Gasteiger partial charge in [-0.3, -0.25) is 4.90 Å². The number of hydrogen-bond donors (Lipinski definition) is 1. The first-order valence-electron chi connectivity index (χ1n) is 4.97. The molecule has 0 aromatic rings. The Hall–Kier alpha value is -0.820. The molecule has 2 rings (SSSR count). The molecule has 0 bridgehead atoms. The van der Waals surface area contributed by atoms with E-state index in [1.165, 1.54) is 0 Å². The molecule has 0 saturated heterocycles. The smallest absolute Gasteiger partial charge is 0.107 e. The summed E-state index contributed by atoms with van der Waals surface area (Å²) in [5.74, 6) is 6.10. The summed E-state index contributed by atoms with van der Waals surface area (Å²) >= 11 is 0. The second kappa shape index (κ2) is 4.61. The Bertz CT molecular complexity index is 282. The van der Waals surface area contributed by atoms with Gasteiger partial charge in [0.2, 0.25) is 0 Å². The van der Waals surface area contributed by atoms with Crippen LogP contribution in [0.2, 0.25) is 0 Å². The third-order valence-corrected chi connectivity index (χ3v) is 2.65. The molecule has 0 atom stereocenters. The molecule has 0 unspecified atom stereocenters. The van der Waals surface area contributed by atoms with Crippen molar-refractivity contribution in [3.8, 4) is 11.8 Å². The summed E-state index contributed by atoms with van der Waals surface area (Å²) in [6.45, 7) is 5.78. The van der Waals surface area contributed by atoms with Crippen molar-refractivity contribution in [1.29, 1.82) is 0 Å². The van der Waals surface area contributed by atoms with Crippen LogP contribution < -0.4 is 5.32 Å². The molecule has 3 nitrogen and oxygen atoms in total. The lowest BCUT2D eigenvalue weighted by molar-refractivity contribution is 0.239. The zero-order chi connectivity index (χ0) is 9.80. The van der Waals surface area contributed by atoms with Gasteiger partial charge in [-0.2, -0.15) is 0 Å². The molecule has 0 aromatic carbocycles. The summed E-state index contributed by atoms with van der Waals surface area (Å²) in [4.78, 5) is 2.38. The van der Waals surface area contributed by atoms with E-state index in [0.717, 1.165) is 32.7 Å². The van der Waals surface area contributed by atoms with Gasteiger partial charge in [0.15, 0.2) is 0 Å². The Balaban J connectivity index is 1.74. The second-order valence-corrected chi connectivity index (χ2v) is 3.74. The van der Waals surface area contributed by atoms with Gasteiger partial charge >= 0.3 is 0 Å². The fourth-order valence-corrected chi connectivity index (χ4v) is 1.95. The highest BCUT2D eigenvalue weighted by Crippen LogP contribution is 2.19. The Labute approximate surface area is 85.1 Å². The molecule has 1 N–H and O–H groups in total. The maximum absolute atomic E-state index is 4.87. The third kappa shape index (κ3) is 2.16. The quantitative estimate of drug-likeness (QED) is 0.486. The largest absolute Gasteiger partial charge is 0.372 e. The zero-order valence-electron chi connectivity index (χ0n) is 8.60. The number of nitrogens with zero attached hydrogens (tertiary/aromatic N) is 1. The minimum atomic E-state index is 0.544. The molecule has 3 heteroatoms. The van der Waals surface area contributed by atoms with Crippen molar-refractivity contribution >= 4 is 0 Å². The van der Waals surface area contributed by atoms with Crippen molar-refractivity contribution in [3.63, 3.8) is 0 Å². The first-order chi connectivity index (χ1) is 6.90. The third-order valence-electron chi connectivity index (χ3n) is 2.65. The van der Waals surface area contributed by atoms with Crippen LogP contribution in [0.15, 0.2) is 11.1 Å². The van der Waals surface area contributed by atoms with E-state index >= 15 is 0 Å². The predicted octanol–water partition coefficient (Wildman–Crippen LogP) is -0.148. The summed E-state index contributed by atoms with van der Waals surface area (Å²) in [5, 5.41) is 3.36. The first-order valence-corrected chi connectivity index (χ1v) is 4.97. The van der Waals surface area contributed by atoms with E-state index in [1.807, 2.05) is 0 Å². The summed E-state index contributed by atoms with van der Waals surface area (Å²) in [6.07, 6.45) is 0. The molecule has 0 aromatic heterocycles. The molecule has 2 aliphatic rings. The van der Waals surface area contributed by atoms with E-state index in [2.05, 4.69) is 22.1 Å². The van der Waals surface area contributed by atoms with Crippen LogP contribution in [0.3, 0.4) is 0 Å². The molecule has 0 amide bonds. The summed E-state index contributed by atoms with van der Waals surface area (Å²) in [7, 11) is 1.67. The van der Waals surface area contributed by atoms with Gasteiger partial charge in [0.25, 0.3) is 0 Å². The van der Waals surface area contributed by atoms with Crippen LogP contribution in [0.5, 0.6) is 0 Å². The summed E-state index contributed by atoms with van der Waals surface area (Å²) < 4.78 is 4.87. The minimum Gasteiger partial charge on any atom is -0.372 e. The van der Waals surface area contributed by atoms with Crippen molar-refractivity contribution in [2.24, 2.45) is 0 Å². The molecule has 14 heavy (non-hydrogen) atoms. The van der Waals surface area contributed by atoms with Crippen molar-refractivity contribution in [2.75, 3.05) is 46.4 Å². The van der Waals surface area contributed by atoms with Gasteiger partial charge in [-0.1, -0.05) is 11.8 Å². The Morgan fingerprint density at radius 3 is 2.64 bits per heavy atom. The topological polar surface area (TPSA) is 24.5 Å². The van der Waals surface area contributed by atoms with Gasteiger partial charge in [-0.25, -0.2) is 0 Å². The molecular weight excluding hydrogens is 176 g/mol. The molecule has 2 aliphatic heterocycles.